The summed E-state index contributed by atoms with van der Waals surface area (Å²) in [6.45, 7) is 4.84. The molecular weight excluding hydrogens is 370 g/mol. The van der Waals surface area contributed by atoms with Gasteiger partial charge in [-0.05, 0) is 45.0 Å². The van der Waals surface area contributed by atoms with E-state index in [4.69, 9.17) is 9.63 Å². The topological polar surface area (TPSA) is 122 Å². The molecule has 142 valence electrons. The van der Waals surface area contributed by atoms with Gasteiger partial charge in [0.1, 0.15) is 5.76 Å². The quantitative estimate of drug-likeness (QED) is 0.491. The highest BCUT2D eigenvalue weighted by Crippen LogP contribution is 2.25. The van der Waals surface area contributed by atoms with Crippen LogP contribution < -0.4 is 10.6 Å². The second kappa shape index (κ2) is 9.04. The monoisotopic (exact) mass is 389 g/mol. The van der Waals surface area contributed by atoms with Crippen molar-refractivity contribution in [1.29, 1.82) is 0 Å². The first-order valence-electron chi connectivity index (χ1n) is 7.98. The molecule has 27 heavy (non-hydrogen) atoms. The number of thioether (sulfide) groups is 1. The maximum Gasteiger partial charge on any atom is 0.331 e. The number of aromatic nitrogens is 1. The van der Waals surface area contributed by atoms with Gasteiger partial charge in [0.15, 0.2) is 5.82 Å². The van der Waals surface area contributed by atoms with Crippen LogP contribution in [0.15, 0.2) is 51.4 Å². The number of anilines is 2. The Balaban J connectivity index is 1.90. The third-order valence-electron chi connectivity index (χ3n) is 3.37. The number of aliphatic carboxylic acids is 1. The Morgan fingerprint density at radius 1 is 1.22 bits per heavy atom. The highest BCUT2D eigenvalue weighted by Gasteiger charge is 2.16. The number of amides is 2. The summed E-state index contributed by atoms with van der Waals surface area (Å²) in [5.41, 5.74) is 0.468. The maximum absolute atomic E-state index is 12.2. The van der Waals surface area contributed by atoms with Crippen molar-refractivity contribution in [3.63, 3.8) is 0 Å². The minimum Gasteiger partial charge on any atom is -0.478 e. The minimum absolute atomic E-state index is 0.0539. The fourth-order valence-corrected chi connectivity index (χ4v) is 2.83. The fourth-order valence-electron chi connectivity index (χ4n) is 1.96. The van der Waals surface area contributed by atoms with Crippen molar-refractivity contribution in [2.45, 2.75) is 30.9 Å². The fraction of sp³-hybridized carbons (Fsp3) is 0.222. The van der Waals surface area contributed by atoms with E-state index in [0.29, 0.717) is 17.3 Å². The largest absolute Gasteiger partial charge is 0.478 e. The number of hydrogen-bond donors (Lipinski definition) is 3. The van der Waals surface area contributed by atoms with Crippen LogP contribution in [0.4, 0.5) is 11.5 Å². The molecule has 2 amide bonds. The van der Waals surface area contributed by atoms with Crippen molar-refractivity contribution < 1.29 is 24.0 Å². The molecule has 1 heterocycles. The number of carbonyl (C=O) groups excluding carboxylic acids is 2. The summed E-state index contributed by atoms with van der Waals surface area (Å²) >= 11 is 1.35. The van der Waals surface area contributed by atoms with Crippen LogP contribution in [-0.4, -0.2) is 33.3 Å². The Morgan fingerprint density at radius 3 is 2.44 bits per heavy atom. The third-order valence-corrected chi connectivity index (χ3v) is 4.48. The van der Waals surface area contributed by atoms with Gasteiger partial charge in [0, 0.05) is 28.3 Å². The van der Waals surface area contributed by atoms with Gasteiger partial charge in [-0.15, -0.1) is 11.8 Å². The van der Waals surface area contributed by atoms with Crippen molar-refractivity contribution >= 4 is 41.1 Å². The smallest absolute Gasteiger partial charge is 0.331 e. The zero-order chi connectivity index (χ0) is 20.0. The van der Waals surface area contributed by atoms with Gasteiger partial charge >= 0.3 is 5.97 Å². The number of nitrogens with one attached hydrogen (secondary N) is 2. The second-order valence-electron chi connectivity index (χ2n) is 5.72. The van der Waals surface area contributed by atoms with Crippen LogP contribution in [0.25, 0.3) is 0 Å². The van der Waals surface area contributed by atoms with Crippen LogP contribution in [0.1, 0.15) is 19.6 Å². The van der Waals surface area contributed by atoms with E-state index in [1.165, 1.54) is 18.7 Å². The number of benzene rings is 1. The predicted octanol–water partition coefficient (Wildman–Crippen LogP) is 3.07. The van der Waals surface area contributed by atoms with E-state index in [2.05, 4.69) is 15.8 Å². The van der Waals surface area contributed by atoms with Gasteiger partial charge < -0.3 is 20.3 Å². The highest BCUT2D eigenvalue weighted by atomic mass is 32.2. The van der Waals surface area contributed by atoms with E-state index in [1.54, 1.807) is 44.2 Å². The molecule has 0 spiro atoms. The van der Waals surface area contributed by atoms with Gasteiger partial charge in [0.25, 0.3) is 0 Å². The predicted molar refractivity (Wildman–Crippen MR) is 102 cm³/mol. The van der Waals surface area contributed by atoms with Crippen molar-refractivity contribution in [2.24, 2.45) is 0 Å². The lowest BCUT2D eigenvalue weighted by Crippen LogP contribution is -2.22. The molecule has 0 radical (unpaired) electrons. The van der Waals surface area contributed by atoms with Crippen LogP contribution in [0.3, 0.4) is 0 Å². The minimum atomic E-state index is -1.15. The van der Waals surface area contributed by atoms with Crippen LogP contribution in [0.5, 0.6) is 0 Å². The first-order valence-corrected chi connectivity index (χ1v) is 8.86. The van der Waals surface area contributed by atoms with Gasteiger partial charge in [-0.3, -0.25) is 9.59 Å². The number of carboxylic acid groups (broad SMARTS) is 1. The molecular formula is C18H19N3O5S. The number of carbonyl (C=O) groups is 3. The Kier molecular flexibility index (Phi) is 6.78. The number of rotatable bonds is 7. The Bertz CT molecular complexity index is 873. The van der Waals surface area contributed by atoms with Crippen LogP contribution in [0.2, 0.25) is 0 Å². The van der Waals surface area contributed by atoms with E-state index in [1.807, 2.05) is 0 Å². The van der Waals surface area contributed by atoms with E-state index in [0.717, 1.165) is 11.0 Å². The summed E-state index contributed by atoms with van der Waals surface area (Å²) in [7, 11) is 0. The molecule has 0 aliphatic carbocycles. The summed E-state index contributed by atoms with van der Waals surface area (Å²) in [6.07, 6.45) is 1.02. The van der Waals surface area contributed by atoms with Gasteiger partial charge in [0.05, 0.1) is 5.25 Å². The number of nitrogens with zero attached hydrogens (tertiary/aromatic N) is 1. The molecule has 0 unspecified atom stereocenters. The van der Waals surface area contributed by atoms with Crippen LogP contribution >= 0.6 is 11.8 Å². The maximum atomic E-state index is 12.2. The first-order chi connectivity index (χ1) is 12.7. The van der Waals surface area contributed by atoms with Crippen molar-refractivity contribution in [3.05, 3.63) is 47.7 Å². The molecule has 0 aliphatic rings. The molecule has 0 saturated carbocycles. The molecule has 0 saturated heterocycles. The number of aryl methyl sites for hydroxylation is 1. The van der Waals surface area contributed by atoms with Gasteiger partial charge in [-0.25, -0.2) is 4.79 Å². The average Bonchev–Trinajstić information content (AvgIpc) is 3.01. The molecule has 0 aliphatic heterocycles. The lowest BCUT2D eigenvalue weighted by atomic mass is 10.2. The first kappa shape index (κ1) is 20.2. The van der Waals surface area contributed by atoms with E-state index in [9.17, 15) is 14.4 Å². The normalized spacial score (nSPS) is 12.3. The molecule has 3 N–H and O–H groups in total. The van der Waals surface area contributed by atoms with E-state index in [-0.39, 0.29) is 16.7 Å². The molecule has 1 atom stereocenters. The summed E-state index contributed by atoms with van der Waals surface area (Å²) in [6, 6.07) is 8.51. The molecule has 0 fully saturated rings. The second-order valence-corrected chi connectivity index (χ2v) is 7.13. The molecule has 2 aromatic rings. The zero-order valence-electron chi connectivity index (χ0n) is 15.0. The van der Waals surface area contributed by atoms with Crippen LogP contribution in [0, 0.1) is 6.92 Å². The van der Waals surface area contributed by atoms with Gasteiger partial charge in [-0.1, -0.05) is 5.16 Å². The summed E-state index contributed by atoms with van der Waals surface area (Å²) in [4.78, 5) is 35.5. The van der Waals surface area contributed by atoms with Crippen LogP contribution in [-0.2, 0) is 14.4 Å². The van der Waals surface area contributed by atoms with Crippen molar-refractivity contribution in [1.82, 2.24) is 5.16 Å². The lowest BCUT2D eigenvalue weighted by Gasteiger charge is -2.11. The van der Waals surface area contributed by atoms with Crippen molar-refractivity contribution in [2.75, 3.05) is 10.6 Å². The zero-order valence-corrected chi connectivity index (χ0v) is 15.8. The lowest BCUT2D eigenvalue weighted by molar-refractivity contribution is -0.132. The van der Waals surface area contributed by atoms with Gasteiger partial charge in [0.2, 0.25) is 11.8 Å². The summed E-state index contributed by atoms with van der Waals surface area (Å²) < 4.78 is 4.90. The molecule has 1 aromatic heterocycles. The summed E-state index contributed by atoms with van der Waals surface area (Å²) in [5, 5.41) is 17.4. The SMILES string of the molecule is C/C(=C\C(=O)Nc1ccc(S[C@H](C)C(=O)Nc2cc(C)on2)cc1)C(=O)O. The Hall–Kier alpha value is -3.07. The molecule has 0 bridgehead atoms. The Labute approximate surface area is 160 Å². The highest BCUT2D eigenvalue weighted by molar-refractivity contribution is 8.00. The average molecular weight is 389 g/mol. The molecule has 1 aromatic carbocycles. The van der Waals surface area contributed by atoms with Gasteiger partial charge in [-0.2, -0.15) is 0 Å². The molecule has 9 heteroatoms. The number of hydrogen-bond acceptors (Lipinski definition) is 6. The third kappa shape index (κ3) is 6.30. The summed E-state index contributed by atoms with van der Waals surface area (Å²) in [5.74, 6) is -0.903. The van der Waals surface area contributed by atoms with E-state index >= 15 is 0 Å². The molecule has 2 rings (SSSR count). The standard InChI is InChI=1S/C18H19N3O5S/c1-10(18(24)25)8-16(22)19-13-4-6-14(7-5-13)27-12(3)17(23)20-15-9-11(2)26-21-15/h4-9,12H,1-3H3,(H,19,22)(H,24,25)(H,20,21,23)/b10-8+/t12-/m1/s1. The number of carboxylic acids is 1. The van der Waals surface area contributed by atoms with E-state index < -0.39 is 11.9 Å². The molecule has 8 nitrogen and oxygen atoms in total. The van der Waals surface area contributed by atoms with Crippen molar-refractivity contribution in [3.8, 4) is 0 Å². The Morgan fingerprint density at radius 2 is 1.89 bits per heavy atom.